The van der Waals surface area contributed by atoms with Crippen molar-refractivity contribution in [1.82, 2.24) is 4.98 Å². The first kappa shape index (κ1) is 11.6. The van der Waals surface area contributed by atoms with Crippen molar-refractivity contribution in [3.63, 3.8) is 0 Å². The van der Waals surface area contributed by atoms with Crippen LogP contribution in [0.2, 0.25) is 0 Å². The Labute approximate surface area is 103 Å². The van der Waals surface area contributed by atoms with E-state index < -0.39 is 0 Å². The quantitative estimate of drug-likeness (QED) is 0.862. The first-order valence-corrected chi connectivity index (χ1v) is 6.02. The number of nitrogens with zero attached hydrogens (tertiary/aromatic N) is 1. The fraction of sp³-hybridized carbons (Fsp3) is 0.267. The molecule has 2 rings (SSSR count). The van der Waals surface area contributed by atoms with Crippen molar-refractivity contribution in [2.75, 3.05) is 5.32 Å². The van der Waals surface area contributed by atoms with Crippen LogP contribution in [0.3, 0.4) is 0 Å². The van der Waals surface area contributed by atoms with Crippen LogP contribution in [0.15, 0.2) is 42.7 Å². The number of hydrogen-bond donors (Lipinski definition) is 1. The number of aromatic nitrogens is 1. The highest BCUT2D eigenvalue weighted by molar-refractivity contribution is 5.51. The summed E-state index contributed by atoms with van der Waals surface area (Å²) < 4.78 is 0. The van der Waals surface area contributed by atoms with Crippen molar-refractivity contribution < 1.29 is 0 Å². The van der Waals surface area contributed by atoms with Crippen molar-refractivity contribution in [3.8, 4) is 0 Å². The standard InChI is InChI=1S/C15H18N2/c1-3-13-6-4-5-7-15(13)17-11-14-10-16-9-8-12(14)2/h4-10,17H,3,11H2,1-2H3. The Morgan fingerprint density at radius 1 is 1.12 bits per heavy atom. The fourth-order valence-corrected chi connectivity index (χ4v) is 1.87. The third kappa shape index (κ3) is 2.84. The van der Waals surface area contributed by atoms with Crippen molar-refractivity contribution in [2.45, 2.75) is 26.8 Å². The number of benzene rings is 1. The summed E-state index contributed by atoms with van der Waals surface area (Å²) in [5.41, 5.74) is 5.10. The molecule has 0 aliphatic carbocycles. The molecular weight excluding hydrogens is 208 g/mol. The minimum absolute atomic E-state index is 0.830. The van der Waals surface area contributed by atoms with Gasteiger partial charge in [0, 0.05) is 24.6 Å². The molecule has 0 spiro atoms. The van der Waals surface area contributed by atoms with E-state index >= 15 is 0 Å². The fourth-order valence-electron chi connectivity index (χ4n) is 1.87. The van der Waals surface area contributed by atoms with Crippen molar-refractivity contribution in [2.24, 2.45) is 0 Å². The van der Waals surface area contributed by atoms with Crippen LogP contribution in [0.25, 0.3) is 0 Å². The van der Waals surface area contributed by atoms with Gasteiger partial charge in [-0.1, -0.05) is 25.1 Å². The van der Waals surface area contributed by atoms with E-state index in [0.717, 1.165) is 13.0 Å². The summed E-state index contributed by atoms with van der Waals surface area (Å²) in [4.78, 5) is 4.16. The van der Waals surface area contributed by atoms with Gasteiger partial charge >= 0.3 is 0 Å². The maximum atomic E-state index is 4.16. The number of nitrogens with one attached hydrogen (secondary N) is 1. The van der Waals surface area contributed by atoms with Gasteiger partial charge in [0.05, 0.1) is 0 Å². The molecule has 0 saturated heterocycles. The second-order valence-electron chi connectivity index (χ2n) is 4.17. The Kier molecular flexibility index (Phi) is 3.76. The van der Waals surface area contributed by atoms with E-state index in [2.05, 4.69) is 48.4 Å². The molecule has 1 aromatic heterocycles. The average Bonchev–Trinajstić information content (AvgIpc) is 2.38. The van der Waals surface area contributed by atoms with E-state index in [0.29, 0.717) is 0 Å². The van der Waals surface area contributed by atoms with Crippen LogP contribution >= 0.6 is 0 Å². The van der Waals surface area contributed by atoms with Crippen molar-refractivity contribution in [1.29, 1.82) is 0 Å². The lowest BCUT2D eigenvalue weighted by atomic mass is 10.1. The summed E-state index contributed by atoms with van der Waals surface area (Å²) >= 11 is 0. The molecule has 0 aliphatic heterocycles. The number of para-hydroxylation sites is 1. The molecule has 0 unspecified atom stereocenters. The van der Waals surface area contributed by atoms with Crippen LogP contribution in [0.1, 0.15) is 23.6 Å². The Hall–Kier alpha value is -1.83. The smallest absolute Gasteiger partial charge is 0.0418 e. The van der Waals surface area contributed by atoms with Gasteiger partial charge in [-0.2, -0.15) is 0 Å². The van der Waals surface area contributed by atoms with Crippen LogP contribution in [0.5, 0.6) is 0 Å². The number of aryl methyl sites for hydroxylation is 2. The number of anilines is 1. The third-order valence-electron chi connectivity index (χ3n) is 3.02. The van der Waals surface area contributed by atoms with E-state index in [9.17, 15) is 0 Å². The normalized spacial score (nSPS) is 10.2. The van der Waals surface area contributed by atoms with Gasteiger partial charge in [-0.25, -0.2) is 0 Å². The van der Waals surface area contributed by atoms with E-state index in [-0.39, 0.29) is 0 Å². The first-order valence-electron chi connectivity index (χ1n) is 6.02. The molecule has 1 heterocycles. The molecule has 0 aliphatic rings. The average molecular weight is 226 g/mol. The van der Waals surface area contributed by atoms with E-state index in [1.165, 1.54) is 22.4 Å². The van der Waals surface area contributed by atoms with Crippen LogP contribution in [0.4, 0.5) is 5.69 Å². The maximum Gasteiger partial charge on any atom is 0.0418 e. The van der Waals surface area contributed by atoms with Crippen molar-refractivity contribution in [3.05, 3.63) is 59.4 Å². The maximum absolute atomic E-state index is 4.16. The van der Waals surface area contributed by atoms with Crippen LogP contribution in [0, 0.1) is 6.92 Å². The van der Waals surface area contributed by atoms with Crippen LogP contribution in [-0.2, 0) is 13.0 Å². The lowest BCUT2D eigenvalue weighted by Crippen LogP contribution is -2.03. The molecule has 0 radical (unpaired) electrons. The second kappa shape index (κ2) is 5.48. The first-order chi connectivity index (χ1) is 8.31. The monoisotopic (exact) mass is 226 g/mol. The molecule has 0 atom stereocenters. The van der Waals surface area contributed by atoms with Gasteiger partial charge in [0.25, 0.3) is 0 Å². The number of hydrogen-bond acceptors (Lipinski definition) is 2. The minimum Gasteiger partial charge on any atom is -0.381 e. The molecule has 1 N–H and O–H groups in total. The lowest BCUT2D eigenvalue weighted by Gasteiger charge is -2.11. The van der Waals surface area contributed by atoms with Gasteiger partial charge in [0.15, 0.2) is 0 Å². The predicted octanol–water partition coefficient (Wildman–Crippen LogP) is 3.56. The zero-order valence-electron chi connectivity index (χ0n) is 10.4. The third-order valence-corrected chi connectivity index (χ3v) is 3.02. The van der Waals surface area contributed by atoms with Gasteiger partial charge in [0.1, 0.15) is 0 Å². The molecule has 88 valence electrons. The topological polar surface area (TPSA) is 24.9 Å². The van der Waals surface area contributed by atoms with Gasteiger partial charge in [-0.3, -0.25) is 4.98 Å². The highest BCUT2D eigenvalue weighted by Crippen LogP contribution is 2.17. The van der Waals surface area contributed by atoms with Gasteiger partial charge in [0.2, 0.25) is 0 Å². The van der Waals surface area contributed by atoms with E-state index in [4.69, 9.17) is 0 Å². The molecular formula is C15H18N2. The summed E-state index contributed by atoms with van der Waals surface area (Å²) in [6.45, 7) is 5.12. The highest BCUT2D eigenvalue weighted by atomic mass is 14.9. The Balaban J connectivity index is 2.10. The molecule has 0 amide bonds. The summed E-state index contributed by atoms with van der Waals surface area (Å²) in [6, 6.07) is 10.5. The molecule has 1 aromatic carbocycles. The van der Waals surface area contributed by atoms with Crippen molar-refractivity contribution >= 4 is 5.69 Å². The highest BCUT2D eigenvalue weighted by Gasteiger charge is 2.01. The summed E-state index contributed by atoms with van der Waals surface area (Å²) in [6.07, 6.45) is 4.81. The molecule has 17 heavy (non-hydrogen) atoms. The molecule has 0 fully saturated rings. The second-order valence-corrected chi connectivity index (χ2v) is 4.17. The van der Waals surface area contributed by atoms with Gasteiger partial charge < -0.3 is 5.32 Å². The van der Waals surface area contributed by atoms with Gasteiger partial charge in [-0.05, 0) is 42.2 Å². The molecule has 0 saturated carbocycles. The number of pyridine rings is 1. The number of rotatable bonds is 4. The Morgan fingerprint density at radius 3 is 2.71 bits per heavy atom. The Morgan fingerprint density at radius 2 is 1.94 bits per heavy atom. The largest absolute Gasteiger partial charge is 0.381 e. The summed E-state index contributed by atoms with van der Waals surface area (Å²) in [5.74, 6) is 0. The zero-order valence-corrected chi connectivity index (χ0v) is 10.4. The summed E-state index contributed by atoms with van der Waals surface area (Å²) in [7, 11) is 0. The van der Waals surface area contributed by atoms with Gasteiger partial charge in [-0.15, -0.1) is 0 Å². The minimum atomic E-state index is 0.830. The van der Waals surface area contributed by atoms with Crippen LogP contribution < -0.4 is 5.32 Å². The van der Waals surface area contributed by atoms with Crippen LogP contribution in [-0.4, -0.2) is 4.98 Å². The SMILES string of the molecule is CCc1ccccc1NCc1cnccc1C. The summed E-state index contributed by atoms with van der Waals surface area (Å²) in [5, 5.41) is 3.48. The lowest BCUT2D eigenvalue weighted by molar-refractivity contribution is 1.06. The predicted molar refractivity (Wildman–Crippen MR) is 72.1 cm³/mol. The van der Waals surface area contributed by atoms with E-state index in [1.54, 1.807) is 0 Å². The molecule has 0 bridgehead atoms. The zero-order chi connectivity index (χ0) is 12.1. The van der Waals surface area contributed by atoms with E-state index in [1.807, 2.05) is 18.5 Å². The molecule has 2 heteroatoms. The Bertz CT molecular complexity index is 492. The molecule has 2 nitrogen and oxygen atoms in total. The molecule has 2 aromatic rings.